The number of ether oxygens (including phenoxy) is 1. The van der Waals surface area contributed by atoms with Crippen molar-refractivity contribution >= 4 is 29.2 Å². The van der Waals surface area contributed by atoms with Gasteiger partial charge in [0.2, 0.25) is 17.2 Å². The normalized spacial score (nSPS) is 15.5. The first-order valence-corrected chi connectivity index (χ1v) is 9.11. The average Bonchev–Trinajstić information content (AvgIpc) is 2.83. The minimum Gasteiger partial charge on any atom is -0.496 e. The maximum absolute atomic E-state index is 6.08. The van der Waals surface area contributed by atoms with Crippen molar-refractivity contribution in [1.29, 1.82) is 0 Å². The molecule has 7 heteroatoms. The Morgan fingerprint density at radius 3 is 2.44 bits per heavy atom. The van der Waals surface area contributed by atoms with Crippen LogP contribution in [0.5, 0.6) is 5.75 Å². The lowest BCUT2D eigenvalue weighted by atomic mass is 10.1. The standard InChI is InChI=1S/C18H24ClN5O/c1-12-11-14(9-10-15(12)25-2)21-18-23-16(19)22-17(24-18)20-13-7-5-3-4-6-8-13/h9-11,13H,3-8H2,1-2H3,(H2,20,21,22,23,24). The Labute approximate surface area is 153 Å². The second-order valence-corrected chi connectivity index (χ2v) is 6.73. The van der Waals surface area contributed by atoms with Gasteiger partial charge in [0.1, 0.15) is 5.75 Å². The molecule has 0 unspecified atom stereocenters. The molecule has 3 rings (SSSR count). The number of nitrogens with zero attached hydrogens (tertiary/aromatic N) is 3. The summed E-state index contributed by atoms with van der Waals surface area (Å²) in [6, 6.07) is 6.21. The monoisotopic (exact) mass is 361 g/mol. The number of rotatable bonds is 5. The van der Waals surface area contributed by atoms with Crippen LogP contribution in [-0.2, 0) is 0 Å². The molecule has 1 saturated carbocycles. The van der Waals surface area contributed by atoms with Crippen LogP contribution < -0.4 is 15.4 Å². The van der Waals surface area contributed by atoms with Crippen molar-refractivity contribution in [3.8, 4) is 5.75 Å². The highest BCUT2D eigenvalue weighted by molar-refractivity contribution is 6.28. The molecule has 2 aromatic rings. The number of methoxy groups -OCH3 is 1. The molecule has 0 radical (unpaired) electrons. The molecule has 1 heterocycles. The van der Waals surface area contributed by atoms with Crippen LogP contribution >= 0.6 is 11.6 Å². The predicted octanol–water partition coefficient (Wildman–Crippen LogP) is 4.72. The molecule has 2 N–H and O–H groups in total. The first kappa shape index (κ1) is 17.7. The van der Waals surface area contributed by atoms with E-state index in [1.807, 2.05) is 25.1 Å². The summed E-state index contributed by atoms with van der Waals surface area (Å²) in [5.74, 6) is 1.80. The molecule has 0 atom stereocenters. The number of hydrogen-bond acceptors (Lipinski definition) is 6. The first-order chi connectivity index (χ1) is 12.1. The Kier molecular flexibility index (Phi) is 5.91. The largest absolute Gasteiger partial charge is 0.496 e. The predicted molar refractivity (Wildman–Crippen MR) is 101 cm³/mol. The molecule has 1 aliphatic rings. The zero-order valence-electron chi connectivity index (χ0n) is 14.7. The summed E-state index contributed by atoms with van der Waals surface area (Å²) < 4.78 is 5.28. The molecule has 1 aliphatic carbocycles. The molecular weight excluding hydrogens is 338 g/mol. The summed E-state index contributed by atoms with van der Waals surface area (Å²) in [5.41, 5.74) is 1.91. The zero-order valence-corrected chi connectivity index (χ0v) is 15.4. The quantitative estimate of drug-likeness (QED) is 0.751. The van der Waals surface area contributed by atoms with E-state index in [1.165, 1.54) is 25.7 Å². The Morgan fingerprint density at radius 1 is 1.04 bits per heavy atom. The van der Waals surface area contributed by atoms with Crippen molar-refractivity contribution < 1.29 is 4.74 Å². The van der Waals surface area contributed by atoms with Crippen molar-refractivity contribution in [1.82, 2.24) is 15.0 Å². The number of hydrogen-bond donors (Lipinski definition) is 2. The van der Waals surface area contributed by atoms with Gasteiger partial charge in [-0.3, -0.25) is 0 Å². The fourth-order valence-corrected chi connectivity index (χ4v) is 3.32. The van der Waals surface area contributed by atoms with Gasteiger partial charge in [-0.15, -0.1) is 0 Å². The van der Waals surface area contributed by atoms with E-state index in [0.29, 0.717) is 17.9 Å². The lowest BCUT2D eigenvalue weighted by molar-refractivity contribution is 0.412. The number of aryl methyl sites for hydroxylation is 1. The molecule has 0 aliphatic heterocycles. The fraction of sp³-hybridized carbons (Fsp3) is 0.500. The molecule has 0 amide bonds. The maximum Gasteiger partial charge on any atom is 0.233 e. The highest BCUT2D eigenvalue weighted by Crippen LogP contribution is 2.24. The Morgan fingerprint density at radius 2 is 1.76 bits per heavy atom. The van der Waals surface area contributed by atoms with Gasteiger partial charge in [-0.05, 0) is 55.1 Å². The summed E-state index contributed by atoms with van der Waals surface area (Å²) in [6.07, 6.45) is 7.38. The van der Waals surface area contributed by atoms with Crippen LogP contribution in [0.25, 0.3) is 0 Å². The molecule has 0 bridgehead atoms. The third-order valence-electron chi connectivity index (χ3n) is 4.45. The minimum absolute atomic E-state index is 0.179. The molecule has 0 saturated heterocycles. The number of anilines is 3. The van der Waals surface area contributed by atoms with Gasteiger partial charge >= 0.3 is 0 Å². The smallest absolute Gasteiger partial charge is 0.233 e. The molecule has 1 aromatic carbocycles. The van der Waals surface area contributed by atoms with Crippen LogP contribution in [0.1, 0.15) is 44.1 Å². The minimum atomic E-state index is 0.179. The second kappa shape index (κ2) is 8.34. The molecular formula is C18H24ClN5O. The fourth-order valence-electron chi connectivity index (χ4n) is 3.16. The van der Waals surface area contributed by atoms with Crippen LogP contribution in [0, 0.1) is 6.92 Å². The highest BCUT2D eigenvalue weighted by Gasteiger charge is 2.14. The van der Waals surface area contributed by atoms with E-state index in [2.05, 4.69) is 25.6 Å². The lowest BCUT2D eigenvalue weighted by Crippen LogP contribution is -2.20. The Bertz CT molecular complexity index is 717. The van der Waals surface area contributed by atoms with Gasteiger partial charge in [-0.1, -0.05) is 25.7 Å². The summed E-state index contributed by atoms with van der Waals surface area (Å²) in [5, 5.41) is 6.77. The van der Waals surface area contributed by atoms with Crippen LogP contribution in [0.15, 0.2) is 18.2 Å². The molecule has 1 fully saturated rings. The number of halogens is 1. The van der Waals surface area contributed by atoms with E-state index in [-0.39, 0.29) is 5.28 Å². The van der Waals surface area contributed by atoms with E-state index >= 15 is 0 Å². The van der Waals surface area contributed by atoms with E-state index in [1.54, 1.807) is 7.11 Å². The van der Waals surface area contributed by atoms with E-state index in [0.717, 1.165) is 29.8 Å². The maximum atomic E-state index is 6.08. The Hall–Kier alpha value is -2.08. The van der Waals surface area contributed by atoms with Gasteiger partial charge in [0, 0.05) is 11.7 Å². The number of benzene rings is 1. The average molecular weight is 362 g/mol. The van der Waals surface area contributed by atoms with E-state index in [9.17, 15) is 0 Å². The molecule has 1 aromatic heterocycles. The molecule has 6 nitrogen and oxygen atoms in total. The van der Waals surface area contributed by atoms with Crippen molar-refractivity contribution in [2.75, 3.05) is 17.7 Å². The second-order valence-electron chi connectivity index (χ2n) is 6.39. The van der Waals surface area contributed by atoms with Crippen LogP contribution in [0.3, 0.4) is 0 Å². The molecule has 134 valence electrons. The zero-order chi connectivity index (χ0) is 17.6. The summed E-state index contributed by atoms with van der Waals surface area (Å²) in [6.45, 7) is 1.99. The molecule has 25 heavy (non-hydrogen) atoms. The Balaban J connectivity index is 1.73. The van der Waals surface area contributed by atoms with Crippen molar-refractivity contribution in [3.63, 3.8) is 0 Å². The first-order valence-electron chi connectivity index (χ1n) is 8.74. The third-order valence-corrected chi connectivity index (χ3v) is 4.62. The van der Waals surface area contributed by atoms with Crippen molar-refractivity contribution in [2.45, 2.75) is 51.5 Å². The van der Waals surface area contributed by atoms with Gasteiger partial charge in [-0.25, -0.2) is 0 Å². The van der Waals surface area contributed by atoms with E-state index < -0.39 is 0 Å². The van der Waals surface area contributed by atoms with Crippen LogP contribution in [0.2, 0.25) is 5.28 Å². The van der Waals surface area contributed by atoms with Gasteiger partial charge in [-0.2, -0.15) is 15.0 Å². The van der Waals surface area contributed by atoms with Gasteiger partial charge < -0.3 is 15.4 Å². The van der Waals surface area contributed by atoms with E-state index in [4.69, 9.17) is 16.3 Å². The van der Waals surface area contributed by atoms with Gasteiger partial charge in [0.15, 0.2) is 0 Å². The summed E-state index contributed by atoms with van der Waals surface area (Å²) >= 11 is 6.08. The topological polar surface area (TPSA) is 72.0 Å². The van der Waals surface area contributed by atoms with Crippen molar-refractivity contribution in [2.24, 2.45) is 0 Å². The SMILES string of the molecule is COc1ccc(Nc2nc(Cl)nc(NC3CCCCCC3)n2)cc1C. The van der Waals surface area contributed by atoms with Gasteiger partial charge in [0.05, 0.1) is 7.11 Å². The molecule has 0 spiro atoms. The lowest BCUT2D eigenvalue weighted by Gasteiger charge is -2.16. The van der Waals surface area contributed by atoms with Crippen molar-refractivity contribution in [3.05, 3.63) is 29.0 Å². The number of nitrogens with one attached hydrogen (secondary N) is 2. The highest BCUT2D eigenvalue weighted by atomic mass is 35.5. The summed E-state index contributed by atoms with van der Waals surface area (Å²) in [7, 11) is 1.66. The van der Waals surface area contributed by atoms with Crippen LogP contribution in [-0.4, -0.2) is 28.1 Å². The summed E-state index contributed by atoms with van der Waals surface area (Å²) in [4.78, 5) is 12.9. The van der Waals surface area contributed by atoms with Crippen LogP contribution in [0.4, 0.5) is 17.6 Å². The number of aromatic nitrogens is 3. The third kappa shape index (κ3) is 4.95. The van der Waals surface area contributed by atoms with Gasteiger partial charge in [0.25, 0.3) is 0 Å².